The molecule has 0 radical (unpaired) electrons. The van der Waals surface area contributed by atoms with E-state index in [9.17, 15) is 4.79 Å². The monoisotopic (exact) mass is 261 g/mol. The van der Waals surface area contributed by atoms with Crippen molar-refractivity contribution in [3.8, 4) is 0 Å². The second-order valence-electron chi connectivity index (χ2n) is 5.57. The van der Waals surface area contributed by atoms with Crippen LogP contribution in [0.25, 0.3) is 0 Å². The molecule has 0 atom stereocenters. The zero-order valence-corrected chi connectivity index (χ0v) is 11.0. The summed E-state index contributed by atoms with van der Waals surface area (Å²) in [5, 5.41) is 0. The Balaban J connectivity index is 1.73. The summed E-state index contributed by atoms with van der Waals surface area (Å²) in [7, 11) is 0. The standard InChI is InChI=1S/C14H19N3O2/c18-13(12-8-15-11-16-9-12)17-5-1-2-14(10-17)3-6-19-7-4-14/h8-9,11H,1-7,10H2. The van der Waals surface area contributed by atoms with Crippen molar-refractivity contribution in [1.82, 2.24) is 14.9 Å². The fraction of sp³-hybridized carbons (Fsp3) is 0.643. The van der Waals surface area contributed by atoms with E-state index in [1.54, 1.807) is 12.4 Å². The molecule has 0 unspecified atom stereocenters. The van der Waals surface area contributed by atoms with E-state index in [4.69, 9.17) is 4.74 Å². The molecule has 0 bridgehead atoms. The highest BCUT2D eigenvalue weighted by atomic mass is 16.5. The summed E-state index contributed by atoms with van der Waals surface area (Å²) in [6.07, 6.45) is 9.09. The molecule has 0 N–H and O–H groups in total. The molecule has 1 aromatic rings. The van der Waals surface area contributed by atoms with E-state index < -0.39 is 0 Å². The quantitative estimate of drug-likeness (QED) is 0.769. The van der Waals surface area contributed by atoms with Crippen LogP contribution in [0, 0.1) is 5.41 Å². The van der Waals surface area contributed by atoms with Crippen molar-refractivity contribution in [3.63, 3.8) is 0 Å². The van der Waals surface area contributed by atoms with Gasteiger partial charge in [-0.25, -0.2) is 9.97 Å². The van der Waals surface area contributed by atoms with Gasteiger partial charge in [-0.2, -0.15) is 0 Å². The van der Waals surface area contributed by atoms with Gasteiger partial charge >= 0.3 is 0 Å². The molecule has 0 aliphatic carbocycles. The van der Waals surface area contributed by atoms with E-state index in [-0.39, 0.29) is 11.3 Å². The number of rotatable bonds is 1. The Morgan fingerprint density at radius 3 is 2.68 bits per heavy atom. The topological polar surface area (TPSA) is 55.3 Å². The summed E-state index contributed by atoms with van der Waals surface area (Å²) in [5.74, 6) is 0.0613. The second kappa shape index (κ2) is 5.25. The van der Waals surface area contributed by atoms with Gasteiger partial charge in [0.1, 0.15) is 6.33 Å². The number of hydrogen-bond acceptors (Lipinski definition) is 4. The van der Waals surface area contributed by atoms with Crippen LogP contribution in [0.2, 0.25) is 0 Å². The molecule has 102 valence electrons. The fourth-order valence-electron chi connectivity index (χ4n) is 3.19. The van der Waals surface area contributed by atoms with Crippen molar-refractivity contribution in [2.45, 2.75) is 25.7 Å². The minimum Gasteiger partial charge on any atom is -0.381 e. The Morgan fingerprint density at radius 1 is 1.21 bits per heavy atom. The Bertz CT molecular complexity index is 438. The van der Waals surface area contributed by atoms with Crippen molar-refractivity contribution >= 4 is 5.91 Å². The maximum Gasteiger partial charge on any atom is 0.257 e. The van der Waals surface area contributed by atoms with Gasteiger partial charge in [-0.3, -0.25) is 4.79 Å². The first-order valence-electron chi connectivity index (χ1n) is 6.91. The molecule has 19 heavy (non-hydrogen) atoms. The highest BCUT2D eigenvalue weighted by Crippen LogP contribution is 2.39. The molecule has 3 rings (SSSR count). The predicted molar refractivity (Wildman–Crippen MR) is 69.7 cm³/mol. The van der Waals surface area contributed by atoms with Crippen LogP contribution in [0.1, 0.15) is 36.0 Å². The van der Waals surface area contributed by atoms with E-state index >= 15 is 0 Å². The van der Waals surface area contributed by atoms with Crippen LogP contribution in [0.5, 0.6) is 0 Å². The molecule has 5 heteroatoms. The van der Waals surface area contributed by atoms with E-state index in [0.717, 1.165) is 45.6 Å². The summed E-state index contributed by atoms with van der Waals surface area (Å²) in [4.78, 5) is 22.3. The minimum atomic E-state index is 0.0613. The molecular weight excluding hydrogens is 242 g/mol. The lowest BCUT2D eigenvalue weighted by molar-refractivity contribution is -0.0229. The van der Waals surface area contributed by atoms with Gasteiger partial charge in [0.05, 0.1) is 5.56 Å². The van der Waals surface area contributed by atoms with E-state index in [1.165, 1.54) is 12.7 Å². The molecule has 3 heterocycles. The number of carbonyl (C=O) groups is 1. The zero-order valence-electron chi connectivity index (χ0n) is 11.0. The number of piperidine rings is 1. The number of hydrogen-bond donors (Lipinski definition) is 0. The van der Waals surface area contributed by atoms with Crippen LogP contribution in [-0.2, 0) is 4.74 Å². The molecule has 5 nitrogen and oxygen atoms in total. The molecule has 2 aliphatic rings. The van der Waals surface area contributed by atoms with Gasteiger partial charge in [0.2, 0.25) is 0 Å². The predicted octanol–water partition coefficient (Wildman–Crippen LogP) is 1.51. The maximum absolute atomic E-state index is 12.4. The Hall–Kier alpha value is -1.49. The van der Waals surface area contributed by atoms with Crippen molar-refractivity contribution in [2.24, 2.45) is 5.41 Å². The lowest BCUT2D eigenvalue weighted by Gasteiger charge is -2.45. The van der Waals surface area contributed by atoms with E-state index in [2.05, 4.69) is 9.97 Å². The Kier molecular flexibility index (Phi) is 3.46. The summed E-state index contributed by atoms with van der Waals surface area (Å²) in [5.41, 5.74) is 0.869. The number of amides is 1. The normalized spacial score (nSPS) is 22.4. The minimum absolute atomic E-state index is 0.0613. The van der Waals surface area contributed by atoms with Gasteiger partial charge in [0.25, 0.3) is 5.91 Å². The van der Waals surface area contributed by atoms with Gasteiger partial charge < -0.3 is 9.64 Å². The lowest BCUT2D eigenvalue weighted by atomic mass is 9.74. The van der Waals surface area contributed by atoms with E-state index in [0.29, 0.717) is 5.56 Å². The van der Waals surface area contributed by atoms with E-state index in [1.807, 2.05) is 4.90 Å². The largest absolute Gasteiger partial charge is 0.381 e. The van der Waals surface area contributed by atoms with Crippen LogP contribution < -0.4 is 0 Å². The maximum atomic E-state index is 12.4. The first-order valence-corrected chi connectivity index (χ1v) is 6.91. The Morgan fingerprint density at radius 2 is 1.95 bits per heavy atom. The molecule has 2 aliphatic heterocycles. The van der Waals surface area contributed by atoms with Crippen molar-refractivity contribution in [1.29, 1.82) is 0 Å². The molecular formula is C14H19N3O2. The summed E-state index contributed by atoms with van der Waals surface area (Å²) >= 11 is 0. The second-order valence-corrected chi connectivity index (χ2v) is 5.57. The van der Waals surface area contributed by atoms with Crippen LogP contribution in [0.15, 0.2) is 18.7 Å². The molecule has 2 fully saturated rings. The van der Waals surface area contributed by atoms with Gasteiger partial charge in [-0.05, 0) is 31.1 Å². The van der Waals surface area contributed by atoms with Crippen LogP contribution >= 0.6 is 0 Å². The SMILES string of the molecule is O=C(c1cncnc1)N1CCCC2(CCOCC2)C1. The molecule has 1 amide bonds. The summed E-state index contributed by atoms with van der Waals surface area (Å²) in [6.45, 7) is 3.35. The number of nitrogens with zero attached hydrogens (tertiary/aromatic N) is 3. The van der Waals surface area contributed by atoms with Crippen molar-refractivity contribution < 1.29 is 9.53 Å². The van der Waals surface area contributed by atoms with Crippen molar-refractivity contribution in [2.75, 3.05) is 26.3 Å². The average molecular weight is 261 g/mol. The van der Waals surface area contributed by atoms with Gasteiger partial charge in [-0.15, -0.1) is 0 Å². The Labute approximate surface area is 113 Å². The first kappa shape index (κ1) is 12.5. The lowest BCUT2D eigenvalue weighted by Crippen LogP contribution is -2.48. The molecule has 2 saturated heterocycles. The van der Waals surface area contributed by atoms with Crippen LogP contribution in [0.4, 0.5) is 0 Å². The molecule has 1 aromatic heterocycles. The molecule has 1 spiro atoms. The third kappa shape index (κ3) is 2.61. The number of ether oxygens (including phenoxy) is 1. The third-order valence-corrected chi connectivity index (χ3v) is 4.31. The van der Waals surface area contributed by atoms with Gasteiger partial charge in [0.15, 0.2) is 0 Å². The average Bonchev–Trinajstić information content (AvgIpc) is 2.48. The number of likely N-dealkylation sites (tertiary alicyclic amines) is 1. The smallest absolute Gasteiger partial charge is 0.257 e. The molecule has 0 aromatic carbocycles. The van der Waals surface area contributed by atoms with Crippen LogP contribution in [-0.4, -0.2) is 47.1 Å². The summed E-state index contributed by atoms with van der Waals surface area (Å²) in [6, 6.07) is 0. The van der Waals surface area contributed by atoms with Gasteiger partial charge in [0, 0.05) is 38.7 Å². The fourth-order valence-corrected chi connectivity index (χ4v) is 3.19. The first-order chi connectivity index (χ1) is 9.29. The zero-order chi connectivity index (χ0) is 13.1. The highest BCUT2D eigenvalue weighted by molar-refractivity contribution is 5.93. The number of carbonyl (C=O) groups excluding carboxylic acids is 1. The van der Waals surface area contributed by atoms with Crippen molar-refractivity contribution in [3.05, 3.63) is 24.3 Å². The third-order valence-electron chi connectivity index (χ3n) is 4.31. The van der Waals surface area contributed by atoms with Gasteiger partial charge in [-0.1, -0.05) is 0 Å². The molecule has 0 saturated carbocycles. The highest BCUT2D eigenvalue weighted by Gasteiger charge is 2.38. The van der Waals surface area contributed by atoms with Crippen LogP contribution in [0.3, 0.4) is 0 Å². The number of aromatic nitrogens is 2. The summed E-state index contributed by atoms with van der Waals surface area (Å²) < 4.78 is 5.45.